The molecule has 0 fully saturated rings. The normalized spacial score (nSPS) is 12.9. The molecule has 0 heterocycles. The van der Waals surface area contributed by atoms with Gasteiger partial charge in [-0.1, -0.05) is 38.1 Å². The lowest BCUT2D eigenvalue weighted by molar-refractivity contribution is 0.591. The Bertz CT molecular complexity index is 751. The van der Waals surface area contributed by atoms with Gasteiger partial charge in [-0.25, -0.2) is 8.42 Å². The quantitative estimate of drug-likeness (QED) is 0.768. The zero-order valence-corrected chi connectivity index (χ0v) is 15.1. The van der Waals surface area contributed by atoms with E-state index in [-0.39, 0.29) is 0 Å². The van der Waals surface area contributed by atoms with Gasteiger partial charge in [-0.05, 0) is 61.6 Å². The zero-order valence-electron chi connectivity index (χ0n) is 14.3. The van der Waals surface area contributed by atoms with Crippen molar-refractivity contribution in [3.8, 4) is 0 Å². The molecule has 124 valence electrons. The van der Waals surface area contributed by atoms with Crippen LogP contribution in [-0.4, -0.2) is 15.0 Å². The van der Waals surface area contributed by atoms with Crippen LogP contribution in [0.15, 0.2) is 53.4 Å². The standard InChI is InChI=1S/C19H25NO2S/c1-5-16(4)17-10-12-19(13-11-17)23(21,22)20(6-2)18-9-7-8-15(3)14-18/h7-14,16H,5-6H2,1-4H3/t16-/m0/s1. The second kappa shape index (κ2) is 7.18. The summed E-state index contributed by atoms with van der Waals surface area (Å²) in [6.45, 7) is 8.50. The minimum absolute atomic E-state index is 0.341. The summed E-state index contributed by atoms with van der Waals surface area (Å²) < 4.78 is 27.4. The fraction of sp³-hybridized carbons (Fsp3) is 0.368. The highest BCUT2D eigenvalue weighted by Crippen LogP contribution is 2.26. The third-order valence-electron chi connectivity index (χ3n) is 4.23. The van der Waals surface area contributed by atoms with Crippen LogP contribution < -0.4 is 4.31 Å². The number of nitrogens with zero attached hydrogens (tertiary/aromatic N) is 1. The largest absolute Gasteiger partial charge is 0.267 e. The van der Waals surface area contributed by atoms with Crippen molar-refractivity contribution in [3.63, 3.8) is 0 Å². The van der Waals surface area contributed by atoms with Crippen LogP contribution in [0.1, 0.15) is 44.2 Å². The molecular weight excluding hydrogens is 306 g/mol. The third-order valence-corrected chi connectivity index (χ3v) is 6.14. The molecule has 3 nitrogen and oxygen atoms in total. The Morgan fingerprint density at radius 2 is 1.70 bits per heavy atom. The Balaban J connectivity index is 2.39. The molecule has 0 unspecified atom stereocenters. The van der Waals surface area contributed by atoms with Crippen LogP contribution >= 0.6 is 0 Å². The SMILES string of the molecule is CC[C@H](C)c1ccc(S(=O)(=O)N(CC)c2cccc(C)c2)cc1. The van der Waals surface area contributed by atoms with Gasteiger partial charge >= 0.3 is 0 Å². The van der Waals surface area contributed by atoms with Gasteiger partial charge in [-0.15, -0.1) is 0 Å². The molecule has 0 aromatic heterocycles. The predicted octanol–water partition coefficient (Wildman–Crippen LogP) is 4.72. The Labute approximate surface area is 140 Å². The molecule has 2 aromatic rings. The molecule has 0 bridgehead atoms. The Kier molecular flexibility index (Phi) is 5.47. The summed E-state index contributed by atoms with van der Waals surface area (Å²) in [5.41, 5.74) is 2.92. The molecule has 0 amide bonds. The summed E-state index contributed by atoms with van der Waals surface area (Å²) in [4.78, 5) is 0.341. The molecule has 0 saturated heterocycles. The molecule has 0 N–H and O–H groups in total. The van der Waals surface area contributed by atoms with Crippen LogP contribution in [0.5, 0.6) is 0 Å². The summed E-state index contributed by atoms with van der Waals surface area (Å²) in [6, 6.07) is 14.9. The maximum Gasteiger partial charge on any atom is 0.264 e. The summed E-state index contributed by atoms with van der Waals surface area (Å²) in [6.07, 6.45) is 1.04. The molecule has 4 heteroatoms. The van der Waals surface area contributed by atoms with Crippen LogP contribution in [0.4, 0.5) is 5.69 Å². The van der Waals surface area contributed by atoms with Gasteiger partial charge in [-0.3, -0.25) is 4.31 Å². The van der Waals surface area contributed by atoms with Crippen molar-refractivity contribution in [1.82, 2.24) is 0 Å². The first kappa shape index (κ1) is 17.5. The molecule has 1 atom stereocenters. The van der Waals surface area contributed by atoms with Gasteiger partial charge in [0.05, 0.1) is 10.6 Å². The number of rotatable bonds is 6. The molecule has 2 aromatic carbocycles. The lowest BCUT2D eigenvalue weighted by Crippen LogP contribution is -2.30. The number of hydrogen-bond acceptors (Lipinski definition) is 2. The highest BCUT2D eigenvalue weighted by molar-refractivity contribution is 7.92. The van der Waals surface area contributed by atoms with Crippen LogP contribution in [0.2, 0.25) is 0 Å². The number of hydrogen-bond donors (Lipinski definition) is 0. The highest BCUT2D eigenvalue weighted by atomic mass is 32.2. The van der Waals surface area contributed by atoms with Gasteiger partial charge in [0.15, 0.2) is 0 Å². The van der Waals surface area contributed by atoms with Crippen molar-refractivity contribution >= 4 is 15.7 Å². The average Bonchev–Trinajstić information content (AvgIpc) is 2.54. The summed E-state index contributed by atoms with van der Waals surface area (Å²) in [5, 5.41) is 0. The fourth-order valence-electron chi connectivity index (χ4n) is 2.61. The lowest BCUT2D eigenvalue weighted by Gasteiger charge is -2.23. The van der Waals surface area contributed by atoms with Crippen LogP contribution in [0.25, 0.3) is 0 Å². The minimum atomic E-state index is -3.54. The minimum Gasteiger partial charge on any atom is -0.267 e. The van der Waals surface area contributed by atoms with Crippen LogP contribution in [0.3, 0.4) is 0 Å². The molecule has 0 aliphatic heterocycles. The van der Waals surface area contributed by atoms with E-state index >= 15 is 0 Å². The molecule has 0 radical (unpaired) electrons. The fourth-order valence-corrected chi connectivity index (χ4v) is 4.07. The maximum absolute atomic E-state index is 13.0. The van der Waals surface area contributed by atoms with E-state index < -0.39 is 10.0 Å². The molecule has 0 aliphatic rings. The van der Waals surface area contributed by atoms with Crippen molar-refractivity contribution in [2.24, 2.45) is 0 Å². The monoisotopic (exact) mass is 331 g/mol. The maximum atomic E-state index is 13.0. The topological polar surface area (TPSA) is 37.4 Å². The summed E-state index contributed by atoms with van der Waals surface area (Å²) in [7, 11) is -3.54. The van der Waals surface area contributed by atoms with Crippen molar-refractivity contribution in [1.29, 1.82) is 0 Å². The van der Waals surface area contributed by atoms with E-state index in [1.54, 1.807) is 12.1 Å². The van der Waals surface area contributed by atoms with Crippen LogP contribution in [-0.2, 0) is 10.0 Å². The van der Waals surface area contributed by atoms with E-state index in [1.807, 2.05) is 50.2 Å². The highest BCUT2D eigenvalue weighted by Gasteiger charge is 2.23. The van der Waals surface area contributed by atoms with E-state index in [0.29, 0.717) is 23.0 Å². The number of benzene rings is 2. The van der Waals surface area contributed by atoms with E-state index in [4.69, 9.17) is 0 Å². The van der Waals surface area contributed by atoms with E-state index in [9.17, 15) is 8.42 Å². The molecule has 23 heavy (non-hydrogen) atoms. The van der Waals surface area contributed by atoms with E-state index in [2.05, 4.69) is 13.8 Å². The first-order chi connectivity index (χ1) is 10.9. The second-order valence-corrected chi connectivity index (χ2v) is 7.75. The van der Waals surface area contributed by atoms with Gasteiger partial charge in [0, 0.05) is 6.54 Å². The molecule has 0 spiro atoms. The first-order valence-electron chi connectivity index (χ1n) is 8.09. The number of anilines is 1. The Morgan fingerprint density at radius 1 is 1.04 bits per heavy atom. The Hall–Kier alpha value is -1.81. The van der Waals surface area contributed by atoms with Gasteiger partial charge in [0.2, 0.25) is 0 Å². The smallest absolute Gasteiger partial charge is 0.264 e. The van der Waals surface area contributed by atoms with Crippen molar-refractivity contribution in [2.75, 3.05) is 10.8 Å². The Morgan fingerprint density at radius 3 is 2.22 bits per heavy atom. The van der Waals surface area contributed by atoms with Crippen molar-refractivity contribution in [3.05, 3.63) is 59.7 Å². The van der Waals surface area contributed by atoms with E-state index in [1.165, 1.54) is 9.87 Å². The van der Waals surface area contributed by atoms with Crippen molar-refractivity contribution in [2.45, 2.75) is 44.9 Å². The average molecular weight is 331 g/mol. The summed E-state index contributed by atoms with van der Waals surface area (Å²) in [5.74, 6) is 0.436. The molecule has 0 saturated carbocycles. The first-order valence-corrected chi connectivity index (χ1v) is 9.53. The number of sulfonamides is 1. The molecule has 2 rings (SSSR count). The second-order valence-electron chi connectivity index (χ2n) is 5.89. The lowest BCUT2D eigenvalue weighted by atomic mass is 9.99. The van der Waals surface area contributed by atoms with Crippen molar-refractivity contribution < 1.29 is 8.42 Å². The van der Waals surface area contributed by atoms with Gasteiger partial charge in [0.25, 0.3) is 10.0 Å². The predicted molar refractivity (Wildman–Crippen MR) is 96.5 cm³/mol. The summed E-state index contributed by atoms with van der Waals surface area (Å²) >= 11 is 0. The van der Waals surface area contributed by atoms with Gasteiger partial charge in [-0.2, -0.15) is 0 Å². The van der Waals surface area contributed by atoms with Gasteiger partial charge in [0.1, 0.15) is 0 Å². The number of aryl methyl sites for hydroxylation is 1. The molecular formula is C19H25NO2S. The third kappa shape index (κ3) is 3.75. The molecule has 0 aliphatic carbocycles. The zero-order chi connectivity index (χ0) is 17.0. The van der Waals surface area contributed by atoms with E-state index in [0.717, 1.165) is 12.0 Å². The van der Waals surface area contributed by atoms with Gasteiger partial charge < -0.3 is 0 Å². The van der Waals surface area contributed by atoms with Crippen LogP contribution in [0, 0.1) is 6.92 Å².